The minimum atomic E-state index is -3.80. The summed E-state index contributed by atoms with van der Waals surface area (Å²) in [4.78, 5) is 15.8. The summed E-state index contributed by atoms with van der Waals surface area (Å²) in [5, 5.41) is 4.44. The van der Waals surface area contributed by atoms with Crippen LogP contribution >= 0.6 is 0 Å². The van der Waals surface area contributed by atoms with E-state index in [1.165, 1.54) is 26.4 Å². The van der Waals surface area contributed by atoms with Crippen LogP contribution in [0.2, 0.25) is 0 Å². The molecule has 3 aromatic carbocycles. The number of fused-ring (bicyclic) bond motifs is 2. The van der Waals surface area contributed by atoms with Gasteiger partial charge in [-0.3, -0.25) is 0 Å². The number of aromatic nitrogens is 3. The first-order valence-electron chi connectivity index (χ1n) is 16.7. The van der Waals surface area contributed by atoms with Crippen LogP contribution in [0.25, 0.3) is 22.3 Å². The molecular weight excluding hydrogens is 605 g/mol. The van der Waals surface area contributed by atoms with Crippen molar-refractivity contribution in [3.05, 3.63) is 100 Å². The summed E-state index contributed by atoms with van der Waals surface area (Å²) in [5.74, 6) is 2.10. The molecule has 0 aliphatic carbocycles. The first kappa shape index (κ1) is 31.4. The van der Waals surface area contributed by atoms with E-state index in [2.05, 4.69) is 61.0 Å². The van der Waals surface area contributed by atoms with Crippen molar-refractivity contribution in [1.82, 2.24) is 19.3 Å². The molecule has 1 atom stereocenters. The van der Waals surface area contributed by atoms with E-state index in [-0.39, 0.29) is 4.90 Å². The smallest absolute Gasteiger partial charge is 0.268 e. The van der Waals surface area contributed by atoms with Crippen molar-refractivity contribution in [3.63, 3.8) is 0 Å². The quantitative estimate of drug-likeness (QED) is 0.218. The van der Waals surface area contributed by atoms with Crippen molar-refractivity contribution in [3.8, 4) is 11.4 Å². The van der Waals surface area contributed by atoms with Crippen molar-refractivity contribution >= 4 is 32.4 Å². The second-order valence-corrected chi connectivity index (χ2v) is 15.4. The SMILES string of the molecule is Cc1ccc(S(=O)(=O)n2cc(C)c3c(-c4nc5c(c(N6CCNC(C)C6)n4)CN(c4cc(C(C)C)ccc4C)CC5)cccc32)cc1. The minimum absolute atomic E-state index is 0.268. The van der Waals surface area contributed by atoms with Gasteiger partial charge in [0.1, 0.15) is 5.82 Å². The van der Waals surface area contributed by atoms with Gasteiger partial charge in [-0.2, -0.15) is 0 Å². The number of nitrogens with zero attached hydrogens (tertiary/aromatic N) is 5. The lowest BCUT2D eigenvalue weighted by Crippen LogP contribution is -2.50. The average molecular weight is 649 g/mol. The molecule has 1 N–H and O–H groups in total. The maximum Gasteiger partial charge on any atom is 0.268 e. The van der Waals surface area contributed by atoms with E-state index in [1.54, 1.807) is 18.3 Å². The van der Waals surface area contributed by atoms with Crippen molar-refractivity contribution in [2.24, 2.45) is 0 Å². The molecule has 2 aliphatic heterocycles. The predicted octanol–water partition coefficient (Wildman–Crippen LogP) is 6.74. The van der Waals surface area contributed by atoms with E-state index in [1.807, 2.05) is 44.2 Å². The Morgan fingerprint density at radius 2 is 1.70 bits per heavy atom. The van der Waals surface area contributed by atoms with Crippen molar-refractivity contribution < 1.29 is 8.42 Å². The number of benzene rings is 3. The molecule has 0 spiro atoms. The molecule has 7 rings (SSSR count). The van der Waals surface area contributed by atoms with Gasteiger partial charge in [-0.05, 0) is 74.6 Å². The van der Waals surface area contributed by atoms with Gasteiger partial charge in [-0.15, -0.1) is 0 Å². The van der Waals surface area contributed by atoms with Crippen LogP contribution in [0.15, 0.2) is 71.8 Å². The topological polar surface area (TPSA) is 83.4 Å². The highest BCUT2D eigenvalue weighted by molar-refractivity contribution is 7.90. The van der Waals surface area contributed by atoms with Gasteiger partial charge >= 0.3 is 0 Å². The largest absolute Gasteiger partial charge is 0.366 e. The van der Waals surface area contributed by atoms with Gasteiger partial charge in [0.15, 0.2) is 5.82 Å². The monoisotopic (exact) mass is 648 g/mol. The fraction of sp³-hybridized carbons (Fsp3) is 0.368. The summed E-state index contributed by atoms with van der Waals surface area (Å²) < 4.78 is 29.1. The molecule has 1 fully saturated rings. The predicted molar refractivity (Wildman–Crippen MR) is 191 cm³/mol. The summed E-state index contributed by atoms with van der Waals surface area (Å²) in [7, 11) is -3.80. The lowest BCUT2D eigenvalue weighted by molar-refractivity contribution is 0.480. The Bertz CT molecular complexity index is 2080. The molecule has 0 amide bonds. The maximum atomic E-state index is 13.8. The van der Waals surface area contributed by atoms with E-state index in [0.717, 1.165) is 72.7 Å². The average Bonchev–Trinajstić information content (AvgIpc) is 3.41. The molecule has 47 heavy (non-hydrogen) atoms. The molecule has 244 valence electrons. The summed E-state index contributed by atoms with van der Waals surface area (Å²) >= 11 is 0. The van der Waals surface area contributed by atoms with E-state index in [4.69, 9.17) is 9.97 Å². The number of hydrogen-bond donors (Lipinski definition) is 1. The van der Waals surface area contributed by atoms with Gasteiger partial charge < -0.3 is 15.1 Å². The minimum Gasteiger partial charge on any atom is -0.366 e. The zero-order valence-corrected chi connectivity index (χ0v) is 29.0. The third kappa shape index (κ3) is 5.69. The Labute approximate surface area is 278 Å². The van der Waals surface area contributed by atoms with E-state index in [0.29, 0.717) is 23.3 Å². The zero-order chi connectivity index (χ0) is 33.0. The van der Waals surface area contributed by atoms with Crippen LogP contribution in [0.3, 0.4) is 0 Å². The van der Waals surface area contributed by atoms with Crippen LogP contribution in [-0.2, 0) is 23.0 Å². The van der Waals surface area contributed by atoms with Gasteiger partial charge in [0, 0.05) is 73.6 Å². The zero-order valence-electron chi connectivity index (χ0n) is 28.2. The Kier molecular flexibility index (Phi) is 8.09. The van der Waals surface area contributed by atoms with Crippen LogP contribution in [0, 0.1) is 20.8 Å². The molecule has 4 heterocycles. The van der Waals surface area contributed by atoms with Crippen LogP contribution in [0.5, 0.6) is 0 Å². The molecule has 1 saturated heterocycles. The fourth-order valence-electron chi connectivity index (χ4n) is 7.09. The maximum absolute atomic E-state index is 13.8. The number of piperazine rings is 1. The van der Waals surface area contributed by atoms with Gasteiger partial charge in [0.2, 0.25) is 0 Å². The highest BCUT2D eigenvalue weighted by Crippen LogP contribution is 2.37. The molecule has 2 aromatic heterocycles. The standard InChI is InChI=1S/C38H44N6O2S/c1-24(2)29-13-12-26(4)35(20-29)42-18-16-33-32(23-42)38(43-19-17-39-28(6)22-43)41-37(40-33)31-8-7-9-34-36(31)27(5)21-44(34)47(45,46)30-14-10-25(3)11-15-30/h7-15,20-21,24,28,39H,16-19,22-23H2,1-6H3. The highest BCUT2D eigenvalue weighted by Gasteiger charge is 2.30. The number of anilines is 2. The molecule has 9 heteroatoms. The summed E-state index contributed by atoms with van der Waals surface area (Å²) in [6.07, 6.45) is 2.54. The van der Waals surface area contributed by atoms with Crippen LogP contribution in [-0.4, -0.2) is 54.6 Å². The van der Waals surface area contributed by atoms with Gasteiger partial charge in [0.05, 0.1) is 16.1 Å². The molecule has 0 saturated carbocycles. The van der Waals surface area contributed by atoms with E-state index in [9.17, 15) is 8.42 Å². The van der Waals surface area contributed by atoms with Crippen LogP contribution < -0.4 is 15.1 Å². The first-order chi connectivity index (χ1) is 22.5. The second kappa shape index (κ2) is 12.1. The molecular formula is C38H44N6O2S. The Hall–Kier alpha value is -4.21. The Morgan fingerprint density at radius 1 is 0.915 bits per heavy atom. The van der Waals surface area contributed by atoms with Crippen molar-refractivity contribution in [1.29, 1.82) is 0 Å². The number of rotatable bonds is 6. The fourth-order valence-corrected chi connectivity index (χ4v) is 8.51. The molecule has 8 nitrogen and oxygen atoms in total. The van der Waals surface area contributed by atoms with E-state index < -0.39 is 10.0 Å². The van der Waals surface area contributed by atoms with E-state index >= 15 is 0 Å². The number of nitrogens with one attached hydrogen (secondary N) is 1. The molecule has 0 bridgehead atoms. The molecule has 1 unspecified atom stereocenters. The highest BCUT2D eigenvalue weighted by atomic mass is 32.2. The summed E-state index contributed by atoms with van der Waals surface area (Å²) in [6, 6.07) is 20.0. The number of aryl methyl sites for hydroxylation is 3. The van der Waals surface area contributed by atoms with Gasteiger partial charge in [-0.1, -0.05) is 55.8 Å². The Balaban J connectivity index is 1.35. The normalized spacial score (nSPS) is 17.0. The third-order valence-corrected chi connectivity index (χ3v) is 11.4. The summed E-state index contributed by atoms with van der Waals surface area (Å²) in [5.41, 5.74) is 9.54. The molecule has 5 aromatic rings. The Morgan fingerprint density at radius 3 is 2.45 bits per heavy atom. The lowest BCUT2D eigenvalue weighted by Gasteiger charge is -2.38. The van der Waals surface area contributed by atoms with Crippen molar-refractivity contribution in [2.45, 2.75) is 71.4 Å². The van der Waals surface area contributed by atoms with Crippen LogP contribution in [0.1, 0.15) is 60.2 Å². The van der Waals surface area contributed by atoms with Crippen molar-refractivity contribution in [2.75, 3.05) is 36.0 Å². The lowest BCUT2D eigenvalue weighted by atomic mass is 9.98. The summed E-state index contributed by atoms with van der Waals surface area (Å²) in [6.45, 7) is 17.1. The van der Waals surface area contributed by atoms with Gasteiger partial charge in [0.25, 0.3) is 10.0 Å². The second-order valence-electron chi connectivity index (χ2n) is 13.6. The molecule has 2 aliphatic rings. The van der Waals surface area contributed by atoms with Gasteiger partial charge in [-0.25, -0.2) is 22.4 Å². The third-order valence-electron chi connectivity index (χ3n) is 9.75. The first-order valence-corrected chi connectivity index (χ1v) is 18.1. The number of hydrogen-bond acceptors (Lipinski definition) is 7. The molecule has 0 radical (unpaired) electrons. The van der Waals surface area contributed by atoms with Crippen LogP contribution in [0.4, 0.5) is 11.5 Å².